The van der Waals surface area contributed by atoms with E-state index in [1.807, 2.05) is 48.5 Å². The van der Waals surface area contributed by atoms with Crippen molar-refractivity contribution in [2.24, 2.45) is 0 Å². The summed E-state index contributed by atoms with van der Waals surface area (Å²) in [5, 5.41) is 3.08. The van der Waals surface area contributed by atoms with E-state index >= 15 is 0 Å². The first-order valence-corrected chi connectivity index (χ1v) is 11.9. The molecule has 0 saturated carbocycles. The van der Waals surface area contributed by atoms with Gasteiger partial charge in [0.15, 0.2) is 0 Å². The Labute approximate surface area is 189 Å². The zero-order valence-electron chi connectivity index (χ0n) is 18.2. The molecule has 7 heteroatoms. The van der Waals surface area contributed by atoms with Gasteiger partial charge in [-0.3, -0.25) is 4.79 Å². The number of carbonyl (C=O) groups is 1. The van der Waals surface area contributed by atoms with Crippen LogP contribution in [0.4, 0.5) is 0 Å². The summed E-state index contributed by atoms with van der Waals surface area (Å²) in [6.07, 6.45) is 2.56. The third kappa shape index (κ3) is 5.96. The fraction of sp³-hybridized carbons (Fsp3) is 0.240. The van der Waals surface area contributed by atoms with Gasteiger partial charge in [-0.05, 0) is 55.6 Å². The van der Waals surface area contributed by atoms with Crippen molar-refractivity contribution in [3.05, 3.63) is 95.6 Å². The van der Waals surface area contributed by atoms with Crippen molar-refractivity contribution in [1.29, 1.82) is 0 Å². The normalized spacial score (nSPS) is 12.2. The molecule has 0 heterocycles. The Balaban J connectivity index is 1.79. The Morgan fingerprint density at radius 2 is 1.62 bits per heavy atom. The van der Waals surface area contributed by atoms with E-state index in [0.29, 0.717) is 0 Å². The molecular weight excluding hydrogens is 424 g/mol. The van der Waals surface area contributed by atoms with E-state index in [1.54, 1.807) is 6.07 Å². The van der Waals surface area contributed by atoms with Gasteiger partial charge in [-0.1, -0.05) is 60.7 Å². The maximum Gasteiger partial charge on any atom is 0.251 e. The van der Waals surface area contributed by atoms with Crippen LogP contribution >= 0.6 is 0 Å². The Hall–Kier alpha value is -3.16. The summed E-state index contributed by atoms with van der Waals surface area (Å²) >= 11 is 0. The molecule has 1 amide bonds. The number of ether oxygens (including phenoxy) is 1. The van der Waals surface area contributed by atoms with E-state index in [9.17, 15) is 13.2 Å². The van der Waals surface area contributed by atoms with Gasteiger partial charge in [-0.25, -0.2) is 13.1 Å². The van der Waals surface area contributed by atoms with E-state index in [1.165, 1.54) is 31.9 Å². The molecule has 32 heavy (non-hydrogen) atoms. The zero-order valence-corrected chi connectivity index (χ0v) is 19.1. The third-order valence-electron chi connectivity index (χ3n) is 5.29. The first-order valence-electron chi connectivity index (χ1n) is 10.5. The van der Waals surface area contributed by atoms with Crippen LogP contribution in [0.3, 0.4) is 0 Å². The number of hydrogen-bond acceptors (Lipinski definition) is 4. The van der Waals surface area contributed by atoms with Gasteiger partial charge >= 0.3 is 0 Å². The molecule has 0 fully saturated rings. The largest absolute Gasteiger partial charge is 0.495 e. The second-order valence-electron chi connectivity index (χ2n) is 7.39. The minimum absolute atomic E-state index is 0.0736. The summed E-state index contributed by atoms with van der Waals surface area (Å²) in [5.41, 5.74) is 2.51. The van der Waals surface area contributed by atoms with Crippen LogP contribution in [0.5, 0.6) is 5.75 Å². The van der Waals surface area contributed by atoms with Crippen molar-refractivity contribution in [3.63, 3.8) is 0 Å². The maximum absolute atomic E-state index is 13.1. The van der Waals surface area contributed by atoms with Crippen LogP contribution in [0, 0.1) is 0 Å². The van der Waals surface area contributed by atoms with E-state index in [2.05, 4.69) is 22.2 Å². The number of benzene rings is 3. The molecule has 3 rings (SSSR count). The van der Waals surface area contributed by atoms with Gasteiger partial charge in [-0.15, -0.1) is 0 Å². The first kappa shape index (κ1) is 23.5. The standard InChI is InChI=1S/C25H28N2O4S/c1-26-32(29,30)24-18-21(16-17-23(24)31-2)25(28)27-22(20-13-7-4-8-14-20)15-9-12-19-10-5-3-6-11-19/h3-8,10-11,13-14,16-18,22,26H,9,12,15H2,1-2H3,(H,27,28). The molecular formula is C25H28N2O4S. The van der Waals surface area contributed by atoms with Crippen molar-refractivity contribution in [2.75, 3.05) is 14.2 Å². The van der Waals surface area contributed by atoms with Crippen LogP contribution in [0.1, 0.15) is 40.4 Å². The number of sulfonamides is 1. The van der Waals surface area contributed by atoms with E-state index in [-0.39, 0.29) is 28.2 Å². The minimum atomic E-state index is -3.78. The number of aryl methyl sites for hydroxylation is 1. The number of hydrogen-bond donors (Lipinski definition) is 2. The summed E-state index contributed by atoms with van der Waals surface area (Å²) in [5.74, 6) is -0.160. The zero-order chi connectivity index (χ0) is 23.0. The number of carbonyl (C=O) groups excluding carboxylic acids is 1. The SMILES string of the molecule is CNS(=O)(=O)c1cc(C(=O)NC(CCCc2ccccc2)c2ccccc2)ccc1OC. The molecule has 1 unspecified atom stereocenters. The lowest BCUT2D eigenvalue weighted by atomic mass is 9.98. The fourth-order valence-corrected chi connectivity index (χ4v) is 4.46. The Morgan fingerprint density at radius 3 is 2.25 bits per heavy atom. The molecule has 0 aliphatic heterocycles. The lowest BCUT2D eigenvalue weighted by Crippen LogP contribution is -2.29. The molecule has 0 radical (unpaired) electrons. The molecule has 2 N–H and O–H groups in total. The minimum Gasteiger partial charge on any atom is -0.495 e. The molecule has 0 bridgehead atoms. The lowest BCUT2D eigenvalue weighted by Gasteiger charge is -2.20. The van der Waals surface area contributed by atoms with Crippen LogP contribution in [0.2, 0.25) is 0 Å². The Morgan fingerprint density at radius 1 is 0.969 bits per heavy atom. The Kier molecular flexibility index (Phi) is 8.03. The number of amides is 1. The van der Waals surface area contributed by atoms with Crippen LogP contribution in [-0.4, -0.2) is 28.5 Å². The third-order valence-corrected chi connectivity index (χ3v) is 6.73. The van der Waals surface area contributed by atoms with E-state index < -0.39 is 10.0 Å². The van der Waals surface area contributed by atoms with Gasteiger partial charge in [-0.2, -0.15) is 0 Å². The molecule has 0 saturated heterocycles. The van der Waals surface area contributed by atoms with E-state index in [0.717, 1.165) is 24.8 Å². The number of nitrogens with one attached hydrogen (secondary N) is 2. The highest BCUT2D eigenvalue weighted by atomic mass is 32.2. The summed E-state index contributed by atoms with van der Waals surface area (Å²) in [4.78, 5) is 13.0. The van der Waals surface area contributed by atoms with Crippen molar-refractivity contribution in [3.8, 4) is 5.75 Å². The molecule has 3 aromatic rings. The van der Waals surface area contributed by atoms with Crippen LogP contribution < -0.4 is 14.8 Å². The molecule has 168 valence electrons. The lowest BCUT2D eigenvalue weighted by molar-refractivity contribution is 0.0934. The monoisotopic (exact) mass is 452 g/mol. The van der Waals surface area contributed by atoms with Crippen molar-refractivity contribution >= 4 is 15.9 Å². The molecule has 6 nitrogen and oxygen atoms in total. The summed E-state index contributed by atoms with van der Waals surface area (Å²) in [6, 6.07) is 24.2. The molecule has 0 aliphatic rings. The van der Waals surface area contributed by atoms with Gasteiger partial charge in [0.1, 0.15) is 10.6 Å². The van der Waals surface area contributed by atoms with Gasteiger partial charge < -0.3 is 10.1 Å². The smallest absolute Gasteiger partial charge is 0.251 e. The van der Waals surface area contributed by atoms with Crippen LogP contribution in [0.15, 0.2) is 83.8 Å². The molecule has 0 spiro atoms. The van der Waals surface area contributed by atoms with Crippen LogP contribution in [-0.2, 0) is 16.4 Å². The average molecular weight is 453 g/mol. The average Bonchev–Trinajstić information content (AvgIpc) is 2.84. The summed E-state index contributed by atoms with van der Waals surface area (Å²) < 4.78 is 32.1. The van der Waals surface area contributed by atoms with Crippen LogP contribution in [0.25, 0.3) is 0 Å². The van der Waals surface area contributed by atoms with Gasteiger partial charge in [0, 0.05) is 5.56 Å². The molecule has 0 aliphatic carbocycles. The predicted octanol–water partition coefficient (Wildman–Crippen LogP) is 4.10. The molecule has 1 atom stereocenters. The highest BCUT2D eigenvalue weighted by Gasteiger charge is 2.22. The number of rotatable bonds is 10. The van der Waals surface area contributed by atoms with Crippen molar-refractivity contribution in [2.45, 2.75) is 30.2 Å². The van der Waals surface area contributed by atoms with E-state index in [4.69, 9.17) is 4.74 Å². The first-order chi connectivity index (χ1) is 15.4. The highest BCUT2D eigenvalue weighted by Crippen LogP contribution is 2.26. The summed E-state index contributed by atoms with van der Waals surface area (Å²) in [6.45, 7) is 0. The van der Waals surface area contributed by atoms with Gasteiger partial charge in [0.05, 0.1) is 13.2 Å². The maximum atomic E-state index is 13.1. The predicted molar refractivity (Wildman–Crippen MR) is 125 cm³/mol. The second-order valence-corrected chi connectivity index (χ2v) is 9.24. The van der Waals surface area contributed by atoms with Crippen molar-refractivity contribution < 1.29 is 17.9 Å². The summed E-state index contributed by atoms with van der Waals surface area (Å²) in [7, 11) is -1.07. The number of methoxy groups -OCH3 is 1. The topological polar surface area (TPSA) is 84.5 Å². The second kappa shape index (κ2) is 10.9. The van der Waals surface area contributed by atoms with Gasteiger partial charge in [0.25, 0.3) is 5.91 Å². The molecule has 0 aromatic heterocycles. The van der Waals surface area contributed by atoms with Crippen molar-refractivity contribution in [1.82, 2.24) is 10.0 Å². The Bertz CT molecular complexity index is 1130. The highest BCUT2D eigenvalue weighted by molar-refractivity contribution is 7.89. The van der Waals surface area contributed by atoms with Gasteiger partial charge in [0.2, 0.25) is 10.0 Å². The quantitative estimate of drug-likeness (QED) is 0.485. The fourth-order valence-electron chi connectivity index (χ4n) is 3.54. The molecule has 3 aromatic carbocycles.